The normalized spacial score (nSPS) is 27.4. The molecular formula is C11H20BrNO2S. The minimum Gasteiger partial charge on any atom is -0.212 e. The van der Waals surface area contributed by atoms with Gasteiger partial charge >= 0.3 is 0 Å². The van der Waals surface area contributed by atoms with Crippen LogP contribution >= 0.6 is 15.9 Å². The lowest BCUT2D eigenvalue weighted by atomic mass is 10.1. The van der Waals surface area contributed by atoms with E-state index in [1.54, 1.807) is 4.31 Å². The van der Waals surface area contributed by atoms with Crippen molar-refractivity contribution in [2.75, 3.05) is 17.6 Å². The highest BCUT2D eigenvalue weighted by molar-refractivity contribution is 9.09. The molecule has 2 fully saturated rings. The van der Waals surface area contributed by atoms with Crippen molar-refractivity contribution in [1.29, 1.82) is 0 Å². The summed E-state index contributed by atoms with van der Waals surface area (Å²) in [6.45, 7) is 0.752. The molecule has 5 heteroatoms. The van der Waals surface area contributed by atoms with Crippen LogP contribution in [-0.2, 0) is 10.0 Å². The van der Waals surface area contributed by atoms with Gasteiger partial charge in [0, 0.05) is 17.9 Å². The Morgan fingerprint density at radius 3 is 2.62 bits per heavy atom. The summed E-state index contributed by atoms with van der Waals surface area (Å²) in [6.07, 6.45) is 6.39. The lowest BCUT2D eigenvalue weighted by Gasteiger charge is -2.23. The molecule has 0 aromatic carbocycles. The molecule has 94 valence electrons. The lowest BCUT2D eigenvalue weighted by molar-refractivity contribution is 0.368. The third-order valence-electron chi connectivity index (χ3n) is 3.49. The molecule has 0 aromatic heterocycles. The Morgan fingerprint density at radius 2 is 2.00 bits per heavy atom. The maximum absolute atomic E-state index is 12.2. The molecular weight excluding hydrogens is 290 g/mol. The second-order valence-electron chi connectivity index (χ2n) is 4.96. The zero-order valence-corrected chi connectivity index (χ0v) is 12.0. The van der Waals surface area contributed by atoms with Crippen LogP contribution in [0.3, 0.4) is 0 Å². The van der Waals surface area contributed by atoms with Crippen LogP contribution in [0.2, 0.25) is 0 Å². The Hall–Kier alpha value is 0.390. The summed E-state index contributed by atoms with van der Waals surface area (Å²) in [5.74, 6) is 0.861. The maximum atomic E-state index is 12.2. The molecule has 0 spiro atoms. The van der Waals surface area contributed by atoms with E-state index in [2.05, 4.69) is 15.9 Å². The maximum Gasteiger partial charge on any atom is 0.214 e. The van der Waals surface area contributed by atoms with Crippen molar-refractivity contribution in [1.82, 2.24) is 4.31 Å². The van der Waals surface area contributed by atoms with Gasteiger partial charge in [0.15, 0.2) is 0 Å². The first-order valence-corrected chi connectivity index (χ1v) is 8.92. The summed E-state index contributed by atoms with van der Waals surface area (Å²) in [6, 6.07) is 0.279. The second kappa shape index (κ2) is 5.36. The molecule has 1 atom stereocenters. The summed E-state index contributed by atoms with van der Waals surface area (Å²) < 4.78 is 26.1. The van der Waals surface area contributed by atoms with Gasteiger partial charge in [0.25, 0.3) is 0 Å². The highest BCUT2D eigenvalue weighted by Gasteiger charge is 2.37. The van der Waals surface area contributed by atoms with E-state index in [4.69, 9.17) is 0 Å². The summed E-state index contributed by atoms with van der Waals surface area (Å²) in [7, 11) is -2.96. The van der Waals surface area contributed by atoms with Gasteiger partial charge in [-0.1, -0.05) is 15.9 Å². The molecule has 1 saturated heterocycles. The molecule has 1 heterocycles. The fourth-order valence-corrected chi connectivity index (χ4v) is 4.97. The molecule has 2 rings (SSSR count). The number of alkyl halides is 1. The molecule has 0 bridgehead atoms. The van der Waals surface area contributed by atoms with Crippen molar-refractivity contribution in [3.63, 3.8) is 0 Å². The summed E-state index contributed by atoms with van der Waals surface area (Å²) >= 11 is 3.41. The van der Waals surface area contributed by atoms with Crippen molar-refractivity contribution in [2.45, 2.75) is 44.6 Å². The van der Waals surface area contributed by atoms with Crippen molar-refractivity contribution in [3.8, 4) is 0 Å². The van der Waals surface area contributed by atoms with Gasteiger partial charge in [-0.25, -0.2) is 8.42 Å². The average Bonchev–Trinajstić information content (AvgIpc) is 2.89. The van der Waals surface area contributed by atoms with Crippen molar-refractivity contribution >= 4 is 26.0 Å². The summed E-state index contributed by atoms with van der Waals surface area (Å²) in [4.78, 5) is 0. The first-order chi connectivity index (χ1) is 7.63. The zero-order valence-electron chi connectivity index (χ0n) is 9.57. The Balaban J connectivity index is 1.94. The van der Waals surface area contributed by atoms with E-state index < -0.39 is 10.0 Å². The van der Waals surface area contributed by atoms with Crippen LogP contribution in [0.25, 0.3) is 0 Å². The number of hydrogen-bond acceptors (Lipinski definition) is 2. The van der Waals surface area contributed by atoms with Gasteiger partial charge in [0.05, 0.1) is 5.75 Å². The molecule has 0 amide bonds. The molecule has 1 unspecified atom stereocenters. The van der Waals surface area contributed by atoms with Gasteiger partial charge in [-0.2, -0.15) is 4.31 Å². The Labute approximate surface area is 107 Å². The van der Waals surface area contributed by atoms with Crippen molar-refractivity contribution in [3.05, 3.63) is 0 Å². The Morgan fingerprint density at radius 1 is 1.25 bits per heavy atom. The lowest BCUT2D eigenvalue weighted by Crippen LogP contribution is -2.37. The minimum absolute atomic E-state index is 0.279. The highest BCUT2D eigenvalue weighted by Crippen LogP contribution is 2.33. The number of hydrogen-bond donors (Lipinski definition) is 0. The Bertz CT molecular complexity index is 327. The SMILES string of the molecule is O=S(=O)(CC1CC1)N1CCCC1CCCBr. The van der Waals surface area contributed by atoms with Gasteiger partial charge in [-0.05, 0) is 44.4 Å². The standard InChI is InChI=1S/C11H20BrNO2S/c12-7-1-3-11-4-2-8-13(11)16(14,15)9-10-5-6-10/h10-11H,1-9H2. The van der Waals surface area contributed by atoms with Crippen LogP contribution in [0, 0.1) is 5.92 Å². The smallest absolute Gasteiger partial charge is 0.212 e. The van der Waals surface area contributed by atoms with Crippen LogP contribution in [0.4, 0.5) is 0 Å². The van der Waals surface area contributed by atoms with Gasteiger partial charge in [0.1, 0.15) is 0 Å². The summed E-state index contributed by atoms with van der Waals surface area (Å²) in [5.41, 5.74) is 0. The van der Waals surface area contributed by atoms with Crippen LogP contribution in [0.15, 0.2) is 0 Å². The zero-order chi connectivity index (χ0) is 11.6. The van der Waals surface area contributed by atoms with E-state index in [0.29, 0.717) is 11.7 Å². The fraction of sp³-hybridized carbons (Fsp3) is 1.00. The minimum atomic E-state index is -2.96. The molecule has 0 N–H and O–H groups in total. The topological polar surface area (TPSA) is 37.4 Å². The van der Waals surface area contributed by atoms with E-state index in [0.717, 1.165) is 50.4 Å². The predicted octanol–water partition coefficient (Wildman–Crippen LogP) is 2.37. The third kappa shape index (κ3) is 3.20. The molecule has 0 aromatic rings. The van der Waals surface area contributed by atoms with Gasteiger partial charge in [-0.15, -0.1) is 0 Å². The number of rotatable bonds is 6. The quantitative estimate of drug-likeness (QED) is 0.706. The van der Waals surface area contributed by atoms with Crippen molar-refractivity contribution < 1.29 is 8.42 Å². The molecule has 1 aliphatic carbocycles. The van der Waals surface area contributed by atoms with E-state index in [-0.39, 0.29) is 6.04 Å². The number of halogens is 1. The van der Waals surface area contributed by atoms with Crippen LogP contribution in [0.1, 0.15) is 38.5 Å². The number of nitrogens with zero attached hydrogens (tertiary/aromatic N) is 1. The molecule has 16 heavy (non-hydrogen) atoms. The second-order valence-corrected chi connectivity index (χ2v) is 7.72. The summed E-state index contributed by atoms with van der Waals surface area (Å²) in [5, 5.41) is 0.972. The molecule has 2 aliphatic rings. The van der Waals surface area contributed by atoms with Gasteiger partial charge in [-0.3, -0.25) is 0 Å². The van der Waals surface area contributed by atoms with Crippen LogP contribution in [0.5, 0.6) is 0 Å². The van der Waals surface area contributed by atoms with Crippen LogP contribution < -0.4 is 0 Å². The van der Waals surface area contributed by atoms with Crippen LogP contribution in [-0.4, -0.2) is 36.4 Å². The first kappa shape index (κ1) is 12.8. The first-order valence-electron chi connectivity index (χ1n) is 6.19. The third-order valence-corrected chi connectivity index (χ3v) is 6.14. The van der Waals surface area contributed by atoms with E-state index >= 15 is 0 Å². The fourth-order valence-electron chi connectivity index (χ4n) is 2.45. The van der Waals surface area contributed by atoms with E-state index in [1.165, 1.54) is 0 Å². The highest BCUT2D eigenvalue weighted by atomic mass is 79.9. The van der Waals surface area contributed by atoms with Crippen molar-refractivity contribution in [2.24, 2.45) is 5.92 Å². The van der Waals surface area contributed by atoms with Gasteiger partial charge < -0.3 is 0 Å². The average molecular weight is 310 g/mol. The van der Waals surface area contributed by atoms with Gasteiger partial charge in [0.2, 0.25) is 10.0 Å². The molecule has 1 saturated carbocycles. The van der Waals surface area contributed by atoms with E-state index in [1.807, 2.05) is 0 Å². The predicted molar refractivity (Wildman–Crippen MR) is 69.3 cm³/mol. The van der Waals surface area contributed by atoms with E-state index in [9.17, 15) is 8.42 Å². The molecule has 3 nitrogen and oxygen atoms in total. The largest absolute Gasteiger partial charge is 0.214 e. The number of sulfonamides is 1. The Kier molecular flexibility index (Phi) is 4.30. The molecule has 1 aliphatic heterocycles. The molecule has 0 radical (unpaired) electrons. The monoisotopic (exact) mass is 309 g/mol.